The lowest BCUT2D eigenvalue weighted by molar-refractivity contribution is -0.120. The van der Waals surface area contributed by atoms with Gasteiger partial charge in [0.2, 0.25) is 5.91 Å². The number of rotatable bonds is 7. The van der Waals surface area contributed by atoms with Crippen LogP contribution in [0.15, 0.2) is 60.7 Å². The van der Waals surface area contributed by atoms with Crippen molar-refractivity contribution in [3.05, 3.63) is 71.9 Å². The number of nitrogens with zero attached hydrogens (tertiary/aromatic N) is 2. The topological polar surface area (TPSA) is 85.2 Å². The summed E-state index contributed by atoms with van der Waals surface area (Å²) in [7, 11) is 1.71. The summed E-state index contributed by atoms with van der Waals surface area (Å²) in [4.78, 5) is 25.1. The zero-order valence-electron chi connectivity index (χ0n) is 18.2. The van der Waals surface area contributed by atoms with Gasteiger partial charge in [-0.3, -0.25) is 14.3 Å². The van der Waals surface area contributed by atoms with Crippen LogP contribution in [0.1, 0.15) is 48.2 Å². The quantitative estimate of drug-likeness (QED) is 0.563. The van der Waals surface area contributed by atoms with E-state index in [1.807, 2.05) is 42.5 Å². The Hall–Kier alpha value is -3.61. The number of carbonyl (C=O) groups excluding carboxylic acids is 2. The molecule has 0 unspecified atom stereocenters. The molecular formula is C25H28N4O3. The van der Waals surface area contributed by atoms with Gasteiger partial charge in [-0.2, -0.15) is 5.10 Å². The van der Waals surface area contributed by atoms with Crippen LogP contribution < -0.4 is 15.4 Å². The van der Waals surface area contributed by atoms with Gasteiger partial charge >= 0.3 is 0 Å². The van der Waals surface area contributed by atoms with Gasteiger partial charge in [0.05, 0.1) is 0 Å². The van der Waals surface area contributed by atoms with Gasteiger partial charge in [0.1, 0.15) is 18.2 Å². The van der Waals surface area contributed by atoms with Crippen LogP contribution in [-0.4, -0.2) is 21.6 Å². The maximum Gasteiger partial charge on any atom is 0.276 e. The molecule has 2 N–H and O–H groups in total. The number of anilines is 2. The molecule has 0 saturated heterocycles. The van der Waals surface area contributed by atoms with Gasteiger partial charge in [0, 0.05) is 24.7 Å². The Labute approximate surface area is 187 Å². The Morgan fingerprint density at radius 1 is 1.00 bits per heavy atom. The average molecular weight is 433 g/mol. The number of aryl methyl sites for hydroxylation is 1. The Kier molecular flexibility index (Phi) is 6.84. The molecule has 166 valence electrons. The van der Waals surface area contributed by atoms with Gasteiger partial charge in [-0.25, -0.2) is 0 Å². The summed E-state index contributed by atoms with van der Waals surface area (Å²) in [6.45, 7) is 0.482. The number of hydrogen-bond acceptors (Lipinski definition) is 4. The van der Waals surface area contributed by atoms with E-state index in [9.17, 15) is 9.59 Å². The minimum Gasteiger partial charge on any atom is -0.489 e. The van der Waals surface area contributed by atoms with Crippen molar-refractivity contribution in [1.29, 1.82) is 0 Å². The number of nitrogens with one attached hydrogen (secondary N) is 2. The Balaban J connectivity index is 1.32. The van der Waals surface area contributed by atoms with Gasteiger partial charge in [0.25, 0.3) is 5.91 Å². The first-order valence-electron chi connectivity index (χ1n) is 11.0. The standard InChI is InChI=1S/C25H28N4O3/c1-29-23(27-24(30)19-10-6-3-7-11-19)16-22(28-29)25(31)26-20-12-14-21(15-13-20)32-17-18-8-4-2-5-9-18/h2,4-5,8-9,12-16,19H,3,6-7,10-11,17H2,1H3,(H,26,31)(H,27,30). The zero-order chi connectivity index (χ0) is 22.3. The van der Waals surface area contributed by atoms with Crippen molar-refractivity contribution < 1.29 is 14.3 Å². The Bertz CT molecular complexity index is 1050. The van der Waals surface area contributed by atoms with Crippen LogP contribution in [0.4, 0.5) is 11.5 Å². The third-order valence-electron chi connectivity index (χ3n) is 5.70. The number of ether oxygens (including phenoxy) is 1. The average Bonchev–Trinajstić information content (AvgIpc) is 3.20. The number of carbonyl (C=O) groups is 2. The largest absolute Gasteiger partial charge is 0.489 e. The van der Waals surface area contributed by atoms with Crippen LogP contribution >= 0.6 is 0 Å². The van der Waals surface area contributed by atoms with E-state index in [0.717, 1.165) is 37.0 Å². The van der Waals surface area contributed by atoms with E-state index in [4.69, 9.17) is 4.74 Å². The van der Waals surface area contributed by atoms with E-state index in [-0.39, 0.29) is 23.4 Å². The van der Waals surface area contributed by atoms with Crippen molar-refractivity contribution in [2.75, 3.05) is 10.6 Å². The molecule has 32 heavy (non-hydrogen) atoms. The highest BCUT2D eigenvalue weighted by atomic mass is 16.5. The molecule has 1 aliphatic rings. The van der Waals surface area contributed by atoms with Crippen molar-refractivity contribution in [1.82, 2.24) is 9.78 Å². The van der Waals surface area contributed by atoms with Crippen LogP contribution in [0.3, 0.4) is 0 Å². The van der Waals surface area contributed by atoms with Crippen LogP contribution in [0, 0.1) is 5.92 Å². The monoisotopic (exact) mass is 432 g/mol. The van der Waals surface area contributed by atoms with E-state index in [0.29, 0.717) is 18.1 Å². The smallest absolute Gasteiger partial charge is 0.276 e. The van der Waals surface area contributed by atoms with Crippen molar-refractivity contribution in [2.24, 2.45) is 13.0 Å². The van der Waals surface area contributed by atoms with Gasteiger partial charge < -0.3 is 15.4 Å². The lowest BCUT2D eigenvalue weighted by Crippen LogP contribution is -2.25. The second kappa shape index (κ2) is 10.1. The molecule has 7 nitrogen and oxygen atoms in total. The lowest BCUT2D eigenvalue weighted by Gasteiger charge is -2.20. The maximum atomic E-state index is 12.6. The first kappa shape index (κ1) is 21.6. The third kappa shape index (κ3) is 5.55. The molecule has 1 aromatic heterocycles. The second-order valence-electron chi connectivity index (χ2n) is 8.12. The molecule has 2 amide bonds. The van der Waals surface area contributed by atoms with Gasteiger partial charge in [-0.15, -0.1) is 0 Å². The molecular weight excluding hydrogens is 404 g/mol. The third-order valence-corrected chi connectivity index (χ3v) is 5.70. The zero-order valence-corrected chi connectivity index (χ0v) is 18.2. The van der Waals surface area contributed by atoms with Crippen LogP contribution in [0.2, 0.25) is 0 Å². The summed E-state index contributed by atoms with van der Waals surface area (Å²) in [5.41, 5.74) is 1.97. The highest BCUT2D eigenvalue weighted by Gasteiger charge is 2.23. The molecule has 1 aliphatic carbocycles. The molecule has 1 saturated carbocycles. The molecule has 0 spiro atoms. The van der Waals surface area contributed by atoms with Gasteiger partial charge in [-0.05, 0) is 42.7 Å². The molecule has 2 aromatic carbocycles. The van der Waals surface area contributed by atoms with E-state index in [1.165, 1.54) is 11.1 Å². The van der Waals surface area contributed by atoms with Crippen molar-refractivity contribution in [3.8, 4) is 5.75 Å². The summed E-state index contributed by atoms with van der Waals surface area (Å²) in [6.07, 6.45) is 5.21. The minimum atomic E-state index is -0.336. The van der Waals surface area contributed by atoms with Crippen molar-refractivity contribution in [2.45, 2.75) is 38.7 Å². The SMILES string of the molecule is Cn1nc(C(=O)Nc2ccc(OCc3ccccc3)cc2)cc1NC(=O)C1CCCCC1. The molecule has 4 rings (SSSR count). The molecule has 0 aliphatic heterocycles. The van der Waals surface area contributed by atoms with Gasteiger partial charge in [0.15, 0.2) is 5.69 Å². The Morgan fingerprint density at radius 3 is 2.44 bits per heavy atom. The molecule has 1 heterocycles. The van der Waals surface area contributed by atoms with E-state index >= 15 is 0 Å². The molecule has 7 heteroatoms. The number of benzene rings is 2. The summed E-state index contributed by atoms with van der Waals surface area (Å²) in [6, 6.07) is 18.7. The van der Waals surface area contributed by atoms with E-state index in [1.54, 1.807) is 25.2 Å². The van der Waals surface area contributed by atoms with Crippen molar-refractivity contribution >= 4 is 23.3 Å². The summed E-state index contributed by atoms with van der Waals surface area (Å²) in [5, 5.41) is 10.0. The predicted octanol–water partition coefficient (Wildman–Crippen LogP) is 4.77. The first-order chi connectivity index (χ1) is 15.6. The normalized spacial score (nSPS) is 14.0. The van der Waals surface area contributed by atoms with Crippen LogP contribution in [-0.2, 0) is 18.4 Å². The minimum absolute atomic E-state index is 0.00532. The van der Waals surface area contributed by atoms with Crippen molar-refractivity contribution in [3.63, 3.8) is 0 Å². The number of amides is 2. The highest BCUT2D eigenvalue weighted by molar-refractivity contribution is 6.04. The van der Waals surface area contributed by atoms with Gasteiger partial charge in [-0.1, -0.05) is 49.6 Å². The Morgan fingerprint density at radius 2 is 1.72 bits per heavy atom. The summed E-state index contributed by atoms with van der Waals surface area (Å²) >= 11 is 0. The maximum absolute atomic E-state index is 12.6. The lowest BCUT2D eigenvalue weighted by atomic mass is 9.89. The highest BCUT2D eigenvalue weighted by Crippen LogP contribution is 2.25. The fraction of sp³-hybridized carbons (Fsp3) is 0.320. The second-order valence-corrected chi connectivity index (χ2v) is 8.12. The van der Waals surface area contributed by atoms with Crippen LogP contribution in [0.25, 0.3) is 0 Å². The molecule has 1 fully saturated rings. The molecule has 0 bridgehead atoms. The van der Waals surface area contributed by atoms with Crippen LogP contribution in [0.5, 0.6) is 5.75 Å². The number of aromatic nitrogens is 2. The summed E-state index contributed by atoms with van der Waals surface area (Å²) < 4.78 is 7.30. The molecule has 3 aromatic rings. The fourth-order valence-corrected chi connectivity index (χ4v) is 3.86. The van der Waals surface area contributed by atoms with E-state index < -0.39 is 0 Å². The summed E-state index contributed by atoms with van der Waals surface area (Å²) in [5.74, 6) is 0.953. The fourth-order valence-electron chi connectivity index (χ4n) is 3.86. The van der Waals surface area contributed by atoms with E-state index in [2.05, 4.69) is 15.7 Å². The molecule has 0 radical (unpaired) electrons. The predicted molar refractivity (Wildman–Crippen MR) is 124 cm³/mol. The number of hydrogen-bond donors (Lipinski definition) is 2. The first-order valence-corrected chi connectivity index (χ1v) is 11.0. The molecule has 0 atom stereocenters.